The Morgan fingerprint density at radius 2 is 2.12 bits per heavy atom. The van der Waals surface area contributed by atoms with Gasteiger partial charge in [-0.1, -0.05) is 13.8 Å². The fourth-order valence-corrected chi connectivity index (χ4v) is 2.49. The lowest BCUT2D eigenvalue weighted by Crippen LogP contribution is -1.99. The number of rotatable bonds is 2. The van der Waals surface area contributed by atoms with Crippen LogP contribution in [0.15, 0.2) is 21.0 Å². The topological polar surface area (TPSA) is 39.2 Å². The molecule has 2 N–H and O–H groups in total. The molecule has 0 atom stereocenters. The Bertz CT molecular complexity index is 533. The van der Waals surface area contributed by atoms with Crippen LogP contribution in [0.1, 0.15) is 31.1 Å². The van der Waals surface area contributed by atoms with E-state index in [2.05, 4.69) is 15.9 Å². The van der Waals surface area contributed by atoms with Gasteiger partial charge in [-0.2, -0.15) is 0 Å². The SMILES string of the molecule is CC(C)c1c(CN)oc2c(Br)cc(F)cc12. The molecular weight excluding hydrogens is 273 g/mol. The second kappa shape index (κ2) is 4.18. The van der Waals surface area contributed by atoms with Crippen LogP contribution in [-0.4, -0.2) is 0 Å². The highest BCUT2D eigenvalue weighted by Gasteiger charge is 2.18. The number of hydrogen-bond donors (Lipinski definition) is 1. The summed E-state index contributed by atoms with van der Waals surface area (Å²) in [6.45, 7) is 4.42. The lowest BCUT2D eigenvalue weighted by molar-refractivity contribution is 0.539. The Morgan fingerprint density at radius 1 is 1.44 bits per heavy atom. The molecule has 2 aromatic rings. The second-order valence-corrected chi connectivity index (χ2v) is 4.92. The van der Waals surface area contributed by atoms with Crippen LogP contribution in [0.4, 0.5) is 4.39 Å². The predicted octanol–water partition coefficient (Wildman–Crippen LogP) is 3.92. The van der Waals surface area contributed by atoms with Crippen molar-refractivity contribution in [3.05, 3.63) is 33.7 Å². The molecule has 0 aliphatic carbocycles. The fraction of sp³-hybridized carbons (Fsp3) is 0.333. The van der Waals surface area contributed by atoms with E-state index in [9.17, 15) is 4.39 Å². The summed E-state index contributed by atoms with van der Waals surface area (Å²) < 4.78 is 19.6. The second-order valence-electron chi connectivity index (χ2n) is 4.06. The molecule has 0 aliphatic rings. The van der Waals surface area contributed by atoms with Gasteiger partial charge in [0.15, 0.2) is 0 Å². The van der Waals surface area contributed by atoms with Crippen LogP contribution < -0.4 is 5.73 Å². The van der Waals surface area contributed by atoms with Gasteiger partial charge in [-0.25, -0.2) is 4.39 Å². The van der Waals surface area contributed by atoms with Crippen molar-refractivity contribution in [1.29, 1.82) is 0 Å². The summed E-state index contributed by atoms with van der Waals surface area (Å²) in [6, 6.07) is 2.90. The predicted molar refractivity (Wildman–Crippen MR) is 65.9 cm³/mol. The minimum atomic E-state index is -0.273. The van der Waals surface area contributed by atoms with Gasteiger partial charge >= 0.3 is 0 Å². The van der Waals surface area contributed by atoms with Crippen molar-refractivity contribution in [3.8, 4) is 0 Å². The molecule has 1 aromatic heterocycles. The van der Waals surface area contributed by atoms with Crippen molar-refractivity contribution in [2.45, 2.75) is 26.3 Å². The van der Waals surface area contributed by atoms with Crippen LogP contribution in [0, 0.1) is 5.82 Å². The highest BCUT2D eigenvalue weighted by molar-refractivity contribution is 9.10. The first-order valence-corrected chi connectivity index (χ1v) is 5.94. The molecule has 0 aliphatic heterocycles. The van der Waals surface area contributed by atoms with E-state index in [-0.39, 0.29) is 11.7 Å². The summed E-state index contributed by atoms with van der Waals surface area (Å²) in [6.07, 6.45) is 0. The number of nitrogens with two attached hydrogens (primary N) is 1. The molecule has 2 nitrogen and oxygen atoms in total. The summed E-state index contributed by atoms with van der Waals surface area (Å²) in [5.74, 6) is 0.718. The van der Waals surface area contributed by atoms with Crippen molar-refractivity contribution in [2.24, 2.45) is 5.73 Å². The van der Waals surface area contributed by atoms with Gasteiger partial charge in [-0.3, -0.25) is 0 Å². The number of fused-ring (bicyclic) bond motifs is 1. The standard InChI is InChI=1S/C12H13BrFNO/c1-6(2)11-8-3-7(14)4-9(13)12(8)16-10(11)5-15/h3-4,6H,5,15H2,1-2H3. The zero-order valence-corrected chi connectivity index (χ0v) is 10.8. The Morgan fingerprint density at radius 3 is 2.69 bits per heavy atom. The van der Waals surface area contributed by atoms with E-state index in [0.717, 1.165) is 16.7 Å². The van der Waals surface area contributed by atoms with E-state index >= 15 is 0 Å². The van der Waals surface area contributed by atoms with Gasteiger partial charge in [-0.05, 0) is 34.0 Å². The summed E-state index contributed by atoms with van der Waals surface area (Å²) >= 11 is 3.30. The van der Waals surface area contributed by atoms with Crippen molar-refractivity contribution >= 4 is 26.9 Å². The van der Waals surface area contributed by atoms with Crippen LogP contribution in [0.3, 0.4) is 0 Å². The summed E-state index contributed by atoms with van der Waals surface area (Å²) in [5, 5.41) is 0.808. The van der Waals surface area contributed by atoms with Gasteiger partial charge in [0.05, 0.1) is 11.0 Å². The first-order chi connectivity index (χ1) is 7.54. The third kappa shape index (κ3) is 1.76. The van der Waals surface area contributed by atoms with Gasteiger partial charge in [0.25, 0.3) is 0 Å². The molecule has 0 fully saturated rings. The average Bonchev–Trinajstić information content (AvgIpc) is 2.56. The molecule has 1 heterocycles. The van der Waals surface area contributed by atoms with E-state index in [4.69, 9.17) is 10.2 Å². The van der Waals surface area contributed by atoms with Crippen molar-refractivity contribution in [1.82, 2.24) is 0 Å². The van der Waals surface area contributed by atoms with E-state index < -0.39 is 0 Å². The Balaban J connectivity index is 2.84. The molecule has 4 heteroatoms. The maximum atomic E-state index is 13.4. The maximum absolute atomic E-state index is 13.4. The van der Waals surface area contributed by atoms with Gasteiger partial charge in [0, 0.05) is 10.9 Å². The van der Waals surface area contributed by atoms with E-state index in [1.54, 1.807) is 0 Å². The number of halogens is 2. The molecule has 0 saturated carbocycles. The molecule has 2 rings (SSSR count). The lowest BCUT2D eigenvalue weighted by Gasteiger charge is -2.04. The molecule has 0 amide bonds. The van der Waals surface area contributed by atoms with Crippen LogP contribution in [-0.2, 0) is 6.54 Å². The normalized spacial score (nSPS) is 11.6. The van der Waals surface area contributed by atoms with Crippen molar-refractivity contribution in [3.63, 3.8) is 0 Å². The number of hydrogen-bond acceptors (Lipinski definition) is 2. The number of benzene rings is 1. The van der Waals surface area contributed by atoms with Crippen LogP contribution >= 0.6 is 15.9 Å². The van der Waals surface area contributed by atoms with E-state index in [0.29, 0.717) is 16.6 Å². The van der Waals surface area contributed by atoms with Crippen molar-refractivity contribution < 1.29 is 8.81 Å². The van der Waals surface area contributed by atoms with E-state index in [1.165, 1.54) is 12.1 Å². The van der Waals surface area contributed by atoms with Crippen molar-refractivity contribution in [2.75, 3.05) is 0 Å². The highest BCUT2D eigenvalue weighted by Crippen LogP contribution is 2.36. The number of furan rings is 1. The summed E-state index contributed by atoms with van der Waals surface area (Å²) in [5.41, 5.74) is 7.31. The summed E-state index contributed by atoms with van der Waals surface area (Å²) in [7, 11) is 0. The molecule has 0 radical (unpaired) electrons. The quantitative estimate of drug-likeness (QED) is 0.908. The Kier molecular flexibility index (Phi) is 3.04. The van der Waals surface area contributed by atoms with Gasteiger partial charge in [-0.15, -0.1) is 0 Å². The highest BCUT2D eigenvalue weighted by atomic mass is 79.9. The third-order valence-electron chi connectivity index (χ3n) is 2.59. The molecule has 86 valence electrons. The minimum absolute atomic E-state index is 0.258. The Labute approximate surface area is 102 Å². The first kappa shape index (κ1) is 11.6. The molecule has 16 heavy (non-hydrogen) atoms. The monoisotopic (exact) mass is 285 g/mol. The molecule has 0 bridgehead atoms. The van der Waals surface area contributed by atoms with Gasteiger partial charge in [0.1, 0.15) is 17.2 Å². The van der Waals surface area contributed by atoms with Gasteiger partial charge < -0.3 is 10.2 Å². The van der Waals surface area contributed by atoms with Crippen LogP contribution in [0.5, 0.6) is 0 Å². The average molecular weight is 286 g/mol. The smallest absolute Gasteiger partial charge is 0.149 e. The van der Waals surface area contributed by atoms with Gasteiger partial charge in [0.2, 0.25) is 0 Å². The molecule has 1 aromatic carbocycles. The Hall–Kier alpha value is -0.870. The van der Waals surface area contributed by atoms with E-state index in [1.807, 2.05) is 13.8 Å². The third-order valence-corrected chi connectivity index (χ3v) is 3.18. The minimum Gasteiger partial charge on any atom is -0.458 e. The fourth-order valence-electron chi connectivity index (χ4n) is 1.98. The maximum Gasteiger partial charge on any atom is 0.149 e. The van der Waals surface area contributed by atoms with Crippen LogP contribution in [0.25, 0.3) is 11.0 Å². The first-order valence-electron chi connectivity index (χ1n) is 5.15. The zero-order chi connectivity index (χ0) is 11.9. The molecule has 0 unspecified atom stereocenters. The largest absolute Gasteiger partial charge is 0.458 e. The summed E-state index contributed by atoms with van der Waals surface area (Å²) in [4.78, 5) is 0. The molecular formula is C12H13BrFNO. The molecule has 0 saturated heterocycles. The van der Waals surface area contributed by atoms with Crippen LogP contribution in [0.2, 0.25) is 0 Å². The molecule has 0 spiro atoms. The zero-order valence-electron chi connectivity index (χ0n) is 9.18. The lowest BCUT2D eigenvalue weighted by atomic mass is 9.99.